The number of hydrogen-bond donors (Lipinski definition) is 2. The van der Waals surface area contributed by atoms with Crippen molar-refractivity contribution in [2.45, 2.75) is 138 Å². The Labute approximate surface area is 427 Å². The fraction of sp³-hybridized carbons (Fsp3) is 0.646. The highest BCUT2D eigenvalue weighted by atomic mass is 35.5. The number of esters is 1. The van der Waals surface area contributed by atoms with Crippen molar-refractivity contribution in [3.05, 3.63) is 46.5 Å². The number of halogens is 1. The standard InChI is InChI=1S/C48H67ClN4O16S2/c1-29-13-11-14-34(65-10)48(61)25-36(67-44(60)50-48)46(4)26-45(3,69-46)35(24-40(57)52(6)32-22-31(21-29)23-33(64-9)42(32)49)66-43(59)30(2)51(5)37(54)18-19-47(27-62-7,28-63-8)71-70-20-12-15-41(58)68-53-38(55)16-17-39(53)56/h11,13-14,22-23,30,34-36,61H,12,15-21,24-28H2,1-10H3,(H,50,60)/b14-11+,29-13+/t30-,34+,35-,36?,45+,46?,48-/m0/s1. The Kier molecular flexibility index (Phi) is 19.9. The lowest BCUT2D eigenvalue weighted by Crippen LogP contribution is -2.72. The minimum atomic E-state index is -1.91. The fourth-order valence-corrected chi connectivity index (χ4v) is 12.4. The van der Waals surface area contributed by atoms with E-state index in [1.165, 1.54) is 73.8 Å². The number of carbonyl (C=O) groups is 7. The van der Waals surface area contributed by atoms with E-state index in [2.05, 4.69) is 5.32 Å². The number of amides is 5. The molecule has 71 heavy (non-hydrogen) atoms. The van der Waals surface area contributed by atoms with Gasteiger partial charge in [0.25, 0.3) is 11.8 Å². The van der Waals surface area contributed by atoms with E-state index in [0.717, 1.165) is 11.1 Å². The first-order valence-electron chi connectivity index (χ1n) is 23.2. The third kappa shape index (κ3) is 14.0. The average Bonchev–Trinajstić information content (AvgIpc) is 3.62. The first kappa shape index (κ1) is 57.5. The number of hydroxylamine groups is 2. The average molecular weight is 1060 g/mol. The summed E-state index contributed by atoms with van der Waals surface area (Å²) < 4.78 is 40.2. The van der Waals surface area contributed by atoms with E-state index in [9.17, 15) is 38.7 Å². The molecule has 3 saturated heterocycles. The number of alkyl carbamates (subject to hydrolysis) is 1. The van der Waals surface area contributed by atoms with Crippen LogP contribution in [0.1, 0.15) is 91.0 Å². The van der Waals surface area contributed by atoms with Crippen LogP contribution in [0.15, 0.2) is 35.9 Å². The van der Waals surface area contributed by atoms with Gasteiger partial charge < -0.3 is 52.9 Å². The summed E-state index contributed by atoms with van der Waals surface area (Å²) in [5, 5.41) is 15.1. The second-order valence-electron chi connectivity index (χ2n) is 18.8. The van der Waals surface area contributed by atoms with Gasteiger partial charge in [0, 0.05) is 79.7 Å². The molecule has 7 atom stereocenters. The molecule has 5 heterocycles. The van der Waals surface area contributed by atoms with Gasteiger partial charge in [0.15, 0.2) is 5.72 Å². The maximum absolute atomic E-state index is 14.4. The normalized spacial score (nSPS) is 27.7. The van der Waals surface area contributed by atoms with Crippen LogP contribution < -0.4 is 15.0 Å². The third-order valence-electron chi connectivity index (χ3n) is 13.1. The number of benzene rings is 1. The maximum atomic E-state index is 14.4. The van der Waals surface area contributed by atoms with Crippen LogP contribution in [0.25, 0.3) is 0 Å². The van der Waals surface area contributed by atoms with Gasteiger partial charge in [0.05, 0.1) is 37.2 Å². The summed E-state index contributed by atoms with van der Waals surface area (Å²) in [5.74, 6) is -2.68. The molecule has 3 fully saturated rings. The van der Waals surface area contributed by atoms with E-state index >= 15 is 0 Å². The minimum absolute atomic E-state index is 0.00197. The first-order valence-corrected chi connectivity index (χ1v) is 25.9. The van der Waals surface area contributed by atoms with Crippen LogP contribution in [0, 0.1) is 0 Å². The van der Waals surface area contributed by atoms with E-state index in [4.69, 9.17) is 49.6 Å². The SMILES string of the molecule is COCC(CCC(=O)N(C)[C@@H](C)C(=O)O[C@H]1CC(=O)N(C)c2cc(cc(OC)c2Cl)C/C(C)=C/C=C/[C@@H](OC)[C@@]2(O)CC(OC(=O)N2)C2(C)C[C@@]1(C)O2)(COC)SSCCCC(=O)ON1C(=O)CCC1=O. The monoisotopic (exact) mass is 1050 g/mol. The highest BCUT2D eigenvalue weighted by Crippen LogP contribution is 2.51. The number of imide groups is 1. The Balaban J connectivity index is 1.33. The van der Waals surface area contributed by atoms with Gasteiger partial charge >= 0.3 is 18.0 Å². The predicted octanol–water partition coefficient (Wildman–Crippen LogP) is 5.24. The fourth-order valence-electron chi connectivity index (χ4n) is 9.07. The van der Waals surface area contributed by atoms with Crippen molar-refractivity contribution in [2.24, 2.45) is 0 Å². The molecular formula is C48H67ClN4O16S2. The number of nitrogens with one attached hydrogen (secondary N) is 1. The Hall–Kier alpha value is -4.42. The van der Waals surface area contributed by atoms with Gasteiger partial charge in [-0.1, -0.05) is 57.0 Å². The summed E-state index contributed by atoms with van der Waals surface area (Å²) in [7, 11) is 11.8. The summed E-state index contributed by atoms with van der Waals surface area (Å²) in [6.07, 6.45) is 1.62. The van der Waals surface area contributed by atoms with E-state index in [0.29, 0.717) is 35.1 Å². The summed E-state index contributed by atoms with van der Waals surface area (Å²) in [6.45, 7) is 7.20. The lowest BCUT2D eigenvalue weighted by Gasteiger charge is -2.59. The minimum Gasteiger partial charge on any atom is -0.495 e. The number of methoxy groups -OCH3 is 4. The Morgan fingerprint density at radius 2 is 1.69 bits per heavy atom. The summed E-state index contributed by atoms with van der Waals surface area (Å²) >= 11 is 6.83. The molecular weight excluding hydrogens is 988 g/mol. The molecule has 20 nitrogen and oxygen atoms in total. The van der Waals surface area contributed by atoms with Crippen LogP contribution in [-0.4, -0.2) is 164 Å². The number of allylic oxidation sites excluding steroid dienone is 3. The van der Waals surface area contributed by atoms with Gasteiger partial charge in [0.1, 0.15) is 46.3 Å². The maximum Gasteiger partial charge on any atom is 0.409 e. The van der Waals surface area contributed by atoms with Gasteiger partial charge in [-0.15, -0.1) is 5.06 Å². The molecule has 0 saturated carbocycles. The zero-order valence-corrected chi connectivity index (χ0v) is 44.4. The van der Waals surface area contributed by atoms with Crippen LogP contribution in [0.4, 0.5) is 10.5 Å². The van der Waals surface area contributed by atoms with Crippen LogP contribution >= 0.6 is 33.2 Å². The second-order valence-corrected chi connectivity index (χ2v) is 22.0. The summed E-state index contributed by atoms with van der Waals surface area (Å²) in [6, 6.07) is 2.40. The summed E-state index contributed by atoms with van der Waals surface area (Å²) in [5.41, 5.74) is -2.46. The number of fused-ring (bicyclic) bond motifs is 6. The Morgan fingerprint density at radius 3 is 2.31 bits per heavy atom. The van der Waals surface area contributed by atoms with Crippen LogP contribution in [0.2, 0.25) is 5.02 Å². The Morgan fingerprint density at radius 1 is 1.03 bits per heavy atom. The van der Waals surface area contributed by atoms with E-state index in [-0.39, 0.29) is 63.2 Å². The van der Waals surface area contributed by atoms with Gasteiger partial charge in [-0.05, 0) is 64.7 Å². The van der Waals surface area contributed by atoms with Crippen LogP contribution in [-0.2, 0) is 68.4 Å². The van der Waals surface area contributed by atoms with Crippen molar-refractivity contribution in [2.75, 3.05) is 66.4 Å². The van der Waals surface area contributed by atoms with E-state index in [1.807, 2.05) is 13.0 Å². The molecule has 2 N–H and O–H groups in total. The van der Waals surface area contributed by atoms with Crippen molar-refractivity contribution in [3.63, 3.8) is 0 Å². The molecule has 0 radical (unpaired) electrons. The molecule has 1 aromatic carbocycles. The molecule has 0 spiro atoms. The molecule has 2 unspecified atom stereocenters. The highest BCUT2D eigenvalue weighted by Gasteiger charge is 2.63. The molecule has 5 amide bonds. The van der Waals surface area contributed by atoms with Crippen molar-refractivity contribution >= 4 is 80.5 Å². The number of hydrogen-bond acceptors (Lipinski definition) is 18. The smallest absolute Gasteiger partial charge is 0.409 e. The number of aliphatic hydroxyl groups is 1. The zero-order chi connectivity index (χ0) is 52.5. The topological polar surface area (TPSA) is 235 Å². The first-order chi connectivity index (χ1) is 33.5. The molecule has 5 aliphatic rings. The summed E-state index contributed by atoms with van der Waals surface area (Å²) in [4.78, 5) is 99.1. The Bertz CT molecular complexity index is 2200. The molecule has 0 aromatic heterocycles. The number of nitrogens with zero attached hydrogens (tertiary/aromatic N) is 3. The largest absolute Gasteiger partial charge is 0.495 e. The zero-order valence-electron chi connectivity index (χ0n) is 42.0. The second kappa shape index (κ2) is 24.5. The van der Waals surface area contributed by atoms with Crippen molar-refractivity contribution in [1.29, 1.82) is 0 Å². The van der Waals surface area contributed by atoms with Crippen molar-refractivity contribution in [1.82, 2.24) is 15.3 Å². The van der Waals surface area contributed by atoms with Gasteiger partial charge in [-0.2, -0.15) is 0 Å². The predicted molar refractivity (Wildman–Crippen MR) is 263 cm³/mol. The number of ether oxygens (including phenoxy) is 7. The molecule has 5 aliphatic heterocycles. The molecule has 0 aliphatic carbocycles. The third-order valence-corrected chi connectivity index (χ3v) is 16.8. The van der Waals surface area contributed by atoms with E-state index < -0.39 is 94.1 Å². The number of carbonyl (C=O) groups excluding carboxylic acids is 7. The lowest BCUT2D eigenvalue weighted by atomic mass is 9.72. The van der Waals surface area contributed by atoms with Crippen molar-refractivity contribution < 1.29 is 76.7 Å². The molecule has 1 aromatic rings. The molecule has 6 rings (SSSR count). The van der Waals surface area contributed by atoms with Crippen LogP contribution in [0.3, 0.4) is 0 Å². The number of rotatable bonds is 19. The van der Waals surface area contributed by atoms with Gasteiger partial charge in [-0.3, -0.25) is 24.5 Å². The number of anilines is 1. The van der Waals surface area contributed by atoms with E-state index in [1.54, 1.807) is 45.2 Å². The highest BCUT2D eigenvalue weighted by molar-refractivity contribution is 8.77. The van der Waals surface area contributed by atoms with Crippen molar-refractivity contribution in [3.8, 4) is 5.75 Å². The van der Waals surface area contributed by atoms with Crippen LogP contribution in [0.5, 0.6) is 5.75 Å². The molecule has 394 valence electrons. The lowest BCUT2D eigenvalue weighted by molar-refractivity contribution is -0.328. The van der Waals surface area contributed by atoms with Gasteiger partial charge in [-0.25, -0.2) is 14.4 Å². The number of likely N-dealkylation sites (N-methyl/N-ethyl adjacent to an activating group) is 1. The molecule has 23 heteroatoms. The van der Waals surface area contributed by atoms with Gasteiger partial charge in [0.2, 0.25) is 11.8 Å². The quantitative estimate of drug-likeness (QED) is 0.0780. The molecule has 6 bridgehead atoms.